The summed E-state index contributed by atoms with van der Waals surface area (Å²) in [5, 5.41) is 6.41. The second-order valence-electron chi connectivity index (χ2n) is 9.37. The van der Waals surface area contributed by atoms with Gasteiger partial charge in [0.1, 0.15) is 5.76 Å². The van der Waals surface area contributed by atoms with E-state index in [-0.39, 0.29) is 23.3 Å². The molecule has 3 aromatic carbocycles. The molecule has 5 rings (SSSR count). The standard InChI is InChI=1S/C30H29N3O4/c1-20-27(35)24-13-8-14-25(29(24)37-28(20)21-9-4-2-5-10-21)30(36)32-23-15-17-33(18-16-23)19-26(34)31-22-11-6-3-7-12-22/h2-14,23H,15-19H2,1H3,(H,31,34)(H,32,36). The fourth-order valence-corrected chi connectivity index (χ4v) is 4.78. The summed E-state index contributed by atoms with van der Waals surface area (Å²) >= 11 is 0. The van der Waals surface area contributed by atoms with Crippen LogP contribution in [-0.2, 0) is 4.79 Å². The number of nitrogens with zero attached hydrogens (tertiary/aromatic N) is 1. The van der Waals surface area contributed by atoms with E-state index in [1.165, 1.54) is 0 Å². The highest BCUT2D eigenvalue weighted by Gasteiger charge is 2.24. The zero-order valence-corrected chi connectivity index (χ0v) is 20.7. The predicted molar refractivity (Wildman–Crippen MR) is 145 cm³/mol. The first-order chi connectivity index (χ1) is 18.0. The van der Waals surface area contributed by atoms with Gasteiger partial charge in [0.15, 0.2) is 11.0 Å². The van der Waals surface area contributed by atoms with Crippen molar-refractivity contribution in [2.45, 2.75) is 25.8 Å². The van der Waals surface area contributed by atoms with E-state index in [0.29, 0.717) is 47.5 Å². The molecule has 0 radical (unpaired) electrons. The van der Waals surface area contributed by atoms with Crippen molar-refractivity contribution in [1.82, 2.24) is 10.2 Å². The van der Waals surface area contributed by atoms with Crippen LogP contribution in [0.3, 0.4) is 0 Å². The highest BCUT2D eigenvalue weighted by Crippen LogP contribution is 2.27. The molecule has 37 heavy (non-hydrogen) atoms. The van der Waals surface area contributed by atoms with Crippen LogP contribution >= 0.6 is 0 Å². The summed E-state index contributed by atoms with van der Waals surface area (Å²) in [6.07, 6.45) is 1.46. The Morgan fingerprint density at radius 2 is 1.59 bits per heavy atom. The van der Waals surface area contributed by atoms with E-state index >= 15 is 0 Å². The fraction of sp³-hybridized carbons (Fsp3) is 0.233. The van der Waals surface area contributed by atoms with Crippen molar-refractivity contribution >= 4 is 28.5 Å². The zero-order valence-electron chi connectivity index (χ0n) is 20.7. The van der Waals surface area contributed by atoms with Crippen LogP contribution in [-0.4, -0.2) is 42.4 Å². The van der Waals surface area contributed by atoms with Crippen molar-refractivity contribution in [3.8, 4) is 11.3 Å². The summed E-state index contributed by atoms with van der Waals surface area (Å²) in [6, 6.07) is 23.9. The van der Waals surface area contributed by atoms with Crippen molar-refractivity contribution in [2.24, 2.45) is 0 Å². The quantitative estimate of drug-likeness (QED) is 0.408. The summed E-state index contributed by atoms with van der Waals surface area (Å²) in [6.45, 7) is 3.46. The maximum Gasteiger partial charge on any atom is 0.255 e. The normalized spacial score (nSPS) is 14.4. The highest BCUT2D eigenvalue weighted by molar-refractivity contribution is 6.05. The monoisotopic (exact) mass is 495 g/mol. The Morgan fingerprint density at radius 1 is 0.919 bits per heavy atom. The van der Waals surface area contributed by atoms with E-state index in [0.717, 1.165) is 24.1 Å². The lowest BCUT2D eigenvalue weighted by atomic mass is 10.0. The van der Waals surface area contributed by atoms with Crippen molar-refractivity contribution in [3.05, 3.63) is 100 Å². The highest BCUT2D eigenvalue weighted by atomic mass is 16.3. The lowest BCUT2D eigenvalue weighted by Crippen LogP contribution is -2.46. The van der Waals surface area contributed by atoms with Crippen molar-refractivity contribution in [1.29, 1.82) is 0 Å². The van der Waals surface area contributed by atoms with Gasteiger partial charge in [0, 0.05) is 35.9 Å². The SMILES string of the molecule is Cc1c(-c2ccccc2)oc2c(C(=O)NC3CCN(CC(=O)Nc4ccccc4)CC3)cccc2c1=O. The number of carbonyl (C=O) groups is 2. The number of carbonyl (C=O) groups excluding carboxylic acids is 2. The van der Waals surface area contributed by atoms with Gasteiger partial charge in [0.25, 0.3) is 5.91 Å². The molecule has 0 aliphatic carbocycles. The molecule has 1 aromatic heterocycles. The minimum atomic E-state index is -0.267. The minimum absolute atomic E-state index is 0.0260. The molecular formula is C30H29N3O4. The third kappa shape index (κ3) is 5.47. The first-order valence-electron chi connectivity index (χ1n) is 12.5. The molecule has 0 atom stereocenters. The van der Waals surface area contributed by atoms with Crippen LogP contribution in [0.4, 0.5) is 5.69 Å². The van der Waals surface area contributed by atoms with Crippen LogP contribution in [0.2, 0.25) is 0 Å². The van der Waals surface area contributed by atoms with Crippen molar-refractivity contribution in [2.75, 3.05) is 25.0 Å². The van der Waals surface area contributed by atoms with Crippen LogP contribution in [0.5, 0.6) is 0 Å². The number of benzene rings is 3. The number of nitrogens with one attached hydrogen (secondary N) is 2. The topological polar surface area (TPSA) is 91.7 Å². The number of hydrogen-bond donors (Lipinski definition) is 2. The Balaban J connectivity index is 1.26. The number of hydrogen-bond acceptors (Lipinski definition) is 5. The van der Waals surface area contributed by atoms with E-state index < -0.39 is 0 Å². The molecule has 1 aliphatic heterocycles. The Hall–Kier alpha value is -4.23. The van der Waals surface area contributed by atoms with Gasteiger partial charge in [0.05, 0.1) is 17.5 Å². The third-order valence-electron chi connectivity index (χ3n) is 6.77. The van der Waals surface area contributed by atoms with Gasteiger partial charge in [-0.1, -0.05) is 54.6 Å². The van der Waals surface area contributed by atoms with Crippen LogP contribution < -0.4 is 16.1 Å². The summed E-state index contributed by atoms with van der Waals surface area (Å²) in [5.74, 6) is 0.154. The number of amides is 2. The molecule has 0 saturated carbocycles. The summed E-state index contributed by atoms with van der Waals surface area (Å²) in [4.78, 5) is 40.8. The van der Waals surface area contributed by atoms with Crippen molar-refractivity contribution in [3.63, 3.8) is 0 Å². The molecule has 1 fully saturated rings. The lowest BCUT2D eigenvalue weighted by molar-refractivity contribution is -0.117. The average Bonchev–Trinajstić information content (AvgIpc) is 2.92. The van der Waals surface area contributed by atoms with E-state index in [4.69, 9.17) is 4.42 Å². The van der Waals surface area contributed by atoms with E-state index in [1.807, 2.05) is 60.7 Å². The molecule has 7 heteroatoms. The first-order valence-corrected chi connectivity index (χ1v) is 12.5. The van der Waals surface area contributed by atoms with Crippen LogP contribution in [0.15, 0.2) is 88.1 Å². The van der Waals surface area contributed by atoms with Crippen molar-refractivity contribution < 1.29 is 14.0 Å². The molecule has 7 nitrogen and oxygen atoms in total. The molecule has 2 N–H and O–H groups in total. The maximum atomic E-state index is 13.3. The van der Waals surface area contributed by atoms with E-state index in [2.05, 4.69) is 15.5 Å². The Labute approximate surface area is 215 Å². The summed E-state index contributed by atoms with van der Waals surface area (Å²) in [5.41, 5.74) is 2.58. The first kappa shape index (κ1) is 24.5. The van der Waals surface area contributed by atoms with E-state index in [9.17, 15) is 14.4 Å². The molecule has 2 heterocycles. The van der Waals surface area contributed by atoms with Gasteiger partial charge in [-0.3, -0.25) is 19.3 Å². The van der Waals surface area contributed by atoms with Gasteiger partial charge >= 0.3 is 0 Å². The molecule has 0 unspecified atom stereocenters. The van der Waals surface area contributed by atoms with Gasteiger partial charge in [-0.2, -0.15) is 0 Å². The molecule has 1 aliphatic rings. The third-order valence-corrected chi connectivity index (χ3v) is 6.77. The summed E-state index contributed by atoms with van der Waals surface area (Å²) in [7, 11) is 0. The smallest absolute Gasteiger partial charge is 0.255 e. The van der Waals surface area contributed by atoms with Gasteiger partial charge in [-0.05, 0) is 44.0 Å². The molecule has 188 valence electrons. The van der Waals surface area contributed by atoms with Gasteiger partial charge in [-0.25, -0.2) is 0 Å². The minimum Gasteiger partial charge on any atom is -0.455 e. The predicted octanol–water partition coefficient (Wildman–Crippen LogP) is 4.60. The number of para-hydroxylation sites is 2. The molecule has 1 saturated heterocycles. The number of piperidine rings is 1. The Morgan fingerprint density at radius 3 is 2.30 bits per heavy atom. The maximum absolute atomic E-state index is 13.3. The van der Waals surface area contributed by atoms with Gasteiger partial charge < -0.3 is 15.1 Å². The van der Waals surface area contributed by atoms with Gasteiger partial charge in [0.2, 0.25) is 5.91 Å². The van der Waals surface area contributed by atoms with Crippen LogP contribution in [0, 0.1) is 6.92 Å². The second-order valence-corrected chi connectivity index (χ2v) is 9.37. The lowest BCUT2D eigenvalue weighted by Gasteiger charge is -2.31. The second kappa shape index (κ2) is 10.8. The zero-order chi connectivity index (χ0) is 25.8. The molecule has 4 aromatic rings. The van der Waals surface area contributed by atoms with Gasteiger partial charge in [-0.15, -0.1) is 0 Å². The number of rotatable bonds is 6. The van der Waals surface area contributed by atoms with Crippen LogP contribution in [0.25, 0.3) is 22.3 Å². The number of fused-ring (bicyclic) bond motifs is 1. The fourth-order valence-electron chi connectivity index (χ4n) is 4.78. The average molecular weight is 496 g/mol. The Bertz CT molecular complexity index is 1470. The number of likely N-dealkylation sites (tertiary alicyclic amines) is 1. The summed E-state index contributed by atoms with van der Waals surface area (Å²) < 4.78 is 6.20. The van der Waals surface area contributed by atoms with E-state index in [1.54, 1.807) is 25.1 Å². The molecular weight excluding hydrogens is 466 g/mol. The molecule has 0 spiro atoms. The largest absolute Gasteiger partial charge is 0.455 e. The number of anilines is 1. The Kier molecular flexibility index (Phi) is 7.14. The molecule has 2 amide bonds. The molecule has 0 bridgehead atoms. The van der Waals surface area contributed by atoms with Crippen LogP contribution in [0.1, 0.15) is 28.8 Å².